The number of hydrogen-bond donors (Lipinski definition) is 0. The van der Waals surface area contributed by atoms with Crippen LogP contribution in [-0.2, 0) is 0 Å². The monoisotopic (exact) mass is 139 g/mol. The Hall–Kier alpha value is -0.420. The molecular formula is C7H10NP. The van der Waals surface area contributed by atoms with Crippen molar-refractivity contribution in [1.82, 2.24) is 4.98 Å². The van der Waals surface area contributed by atoms with Gasteiger partial charge < -0.3 is 0 Å². The van der Waals surface area contributed by atoms with Gasteiger partial charge in [0.25, 0.3) is 0 Å². The molecule has 0 aliphatic rings. The van der Waals surface area contributed by atoms with E-state index in [1.54, 1.807) is 0 Å². The highest BCUT2D eigenvalue weighted by Gasteiger charge is 1.87. The Morgan fingerprint density at radius 3 is 2.78 bits per heavy atom. The van der Waals surface area contributed by atoms with E-state index in [1.165, 1.54) is 11.0 Å². The molecule has 1 heterocycles. The van der Waals surface area contributed by atoms with Crippen molar-refractivity contribution in [3.8, 4) is 0 Å². The summed E-state index contributed by atoms with van der Waals surface area (Å²) >= 11 is 0. The number of hydrogen-bond acceptors (Lipinski definition) is 1. The molecule has 0 bridgehead atoms. The third-order valence-electron chi connectivity index (χ3n) is 1.17. The van der Waals surface area contributed by atoms with Crippen LogP contribution in [0.3, 0.4) is 0 Å². The van der Waals surface area contributed by atoms with Gasteiger partial charge in [-0.3, -0.25) is 4.98 Å². The van der Waals surface area contributed by atoms with Gasteiger partial charge in [0.05, 0.1) is 5.44 Å². The van der Waals surface area contributed by atoms with Crippen molar-refractivity contribution < 1.29 is 0 Å². The first-order chi connectivity index (χ1) is 4.33. The van der Waals surface area contributed by atoms with Gasteiger partial charge in [-0.25, -0.2) is 0 Å². The molecule has 1 aromatic rings. The average molecular weight is 139 g/mol. The van der Waals surface area contributed by atoms with Crippen molar-refractivity contribution in [1.29, 1.82) is 0 Å². The molecule has 1 nitrogen and oxygen atoms in total. The normalized spacial score (nSPS) is 10.9. The molecule has 1 aromatic heterocycles. The van der Waals surface area contributed by atoms with Gasteiger partial charge in [0.1, 0.15) is 0 Å². The lowest BCUT2D eigenvalue weighted by molar-refractivity contribution is 1.34. The predicted octanol–water partition coefficient (Wildman–Crippen LogP) is 1.32. The largest absolute Gasteiger partial charge is 0.257 e. The van der Waals surface area contributed by atoms with Crippen LogP contribution in [-0.4, -0.2) is 11.6 Å². The van der Waals surface area contributed by atoms with Crippen LogP contribution in [0.15, 0.2) is 18.3 Å². The van der Waals surface area contributed by atoms with E-state index in [0.717, 1.165) is 8.58 Å². The molecule has 0 aliphatic carbocycles. The van der Waals surface area contributed by atoms with E-state index >= 15 is 0 Å². The van der Waals surface area contributed by atoms with Gasteiger partial charge in [-0.1, -0.05) is 8.58 Å². The molecule has 0 saturated heterocycles. The molecule has 0 spiro atoms. The Morgan fingerprint density at radius 1 is 1.56 bits per heavy atom. The summed E-state index contributed by atoms with van der Waals surface area (Å²) in [7, 11) is 0.815. The van der Waals surface area contributed by atoms with Gasteiger partial charge in [-0.05, 0) is 31.3 Å². The zero-order chi connectivity index (χ0) is 6.69. The van der Waals surface area contributed by atoms with Crippen molar-refractivity contribution in [2.75, 3.05) is 6.66 Å². The van der Waals surface area contributed by atoms with E-state index in [0.29, 0.717) is 0 Å². The highest BCUT2D eigenvalue weighted by Crippen LogP contribution is 2.01. The van der Waals surface area contributed by atoms with E-state index < -0.39 is 0 Å². The third-order valence-corrected chi connectivity index (χ3v) is 1.96. The quantitative estimate of drug-likeness (QED) is 0.535. The van der Waals surface area contributed by atoms with Gasteiger partial charge >= 0.3 is 0 Å². The van der Waals surface area contributed by atoms with E-state index in [-0.39, 0.29) is 0 Å². The Bertz CT molecular complexity index is 198. The fourth-order valence-corrected chi connectivity index (χ4v) is 1.25. The summed E-state index contributed by atoms with van der Waals surface area (Å²) < 4.78 is 0. The number of rotatable bonds is 1. The zero-order valence-electron chi connectivity index (χ0n) is 5.68. The molecule has 0 aliphatic heterocycles. The summed E-state index contributed by atoms with van der Waals surface area (Å²) in [5.41, 5.74) is 2.50. The van der Waals surface area contributed by atoms with Crippen LogP contribution in [0.4, 0.5) is 0 Å². The van der Waals surface area contributed by atoms with Gasteiger partial charge in [0.2, 0.25) is 0 Å². The molecule has 2 heteroatoms. The molecule has 48 valence electrons. The highest BCUT2D eigenvalue weighted by molar-refractivity contribution is 7.45. The summed E-state index contributed by atoms with van der Waals surface area (Å²) in [6.07, 6.45) is 1.86. The average Bonchev–Trinajstić information content (AvgIpc) is 1.88. The van der Waals surface area contributed by atoms with Crippen LogP contribution in [0.2, 0.25) is 0 Å². The Balaban J connectivity index is 2.94. The zero-order valence-corrected chi connectivity index (χ0v) is 6.68. The maximum atomic E-state index is 4.17. The summed E-state index contributed by atoms with van der Waals surface area (Å²) in [5.74, 6) is 0. The lowest BCUT2D eigenvalue weighted by Gasteiger charge is -1.94. The van der Waals surface area contributed by atoms with Crippen LogP contribution >= 0.6 is 8.58 Å². The Kier molecular flexibility index (Phi) is 2.18. The molecule has 0 fully saturated rings. The molecular weight excluding hydrogens is 129 g/mol. The Labute approximate surface area is 57.3 Å². The van der Waals surface area contributed by atoms with Gasteiger partial charge in [-0.15, -0.1) is 0 Å². The first-order valence-corrected chi connectivity index (χ1v) is 4.43. The number of pyridine rings is 1. The minimum atomic E-state index is 0.815. The molecule has 0 aromatic carbocycles. The second-order valence-electron chi connectivity index (χ2n) is 1.97. The molecule has 0 amide bonds. The number of nitrogens with zero attached hydrogens (tertiary/aromatic N) is 1. The molecule has 1 atom stereocenters. The Morgan fingerprint density at radius 2 is 2.33 bits per heavy atom. The number of aryl methyl sites for hydroxylation is 1. The van der Waals surface area contributed by atoms with E-state index in [4.69, 9.17) is 0 Å². The molecule has 1 rings (SSSR count). The first kappa shape index (κ1) is 6.70. The summed E-state index contributed by atoms with van der Waals surface area (Å²) in [6.45, 7) is 4.23. The fourth-order valence-electron chi connectivity index (χ4n) is 0.673. The second kappa shape index (κ2) is 2.93. The van der Waals surface area contributed by atoms with Crippen molar-refractivity contribution in [3.05, 3.63) is 23.9 Å². The number of aromatic nitrogens is 1. The summed E-state index contributed by atoms with van der Waals surface area (Å²) in [6, 6.07) is 4.14. The van der Waals surface area contributed by atoms with Crippen molar-refractivity contribution in [2.45, 2.75) is 6.92 Å². The maximum absolute atomic E-state index is 4.17. The van der Waals surface area contributed by atoms with E-state index in [9.17, 15) is 0 Å². The molecule has 0 radical (unpaired) electrons. The highest BCUT2D eigenvalue weighted by atomic mass is 31.1. The smallest absolute Gasteiger partial charge is 0.0599 e. The van der Waals surface area contributed by atoms with Crippen molar-refractivity contribution in [3.63, 3.8) is 0 Å². The SMILES string of the molecule is CPc1cc(C)ccn1. The van der Waals surface area contributed by atoms with E-state index in [1.807, 2.05) is 12.3 Å². The lowest BCUT2D eigenvalue weighted by atomic mass is 10.3. The summed E-state index contributed by atoms with van der Waals surface area (Å²) in [4.78, 5) is 4.17. The second-order valence-corrected chi connectivity index (χ2v) is 2.98. The van der Waals surface area contributed by atoms with Crippen LogP contribution in [0, 0.1) is 6.92 Å². The molecule has 0 saturated carbocycles. The maximum Gasteiger partial charge on any atom is 0.0599 e. The molecule has 1 unspecified atom stereocenters. The third kappa shape index (κ3) is 1.76. The van der Waals surface area contributed by atoms with Crippen LogP contribution < -0.4 is 5.44 Å². The fraction of sp³-hybridized carbons (Fsp3) is 0.286. The van der Waals surface area contributed by atoms with Gasteiger partial charge in [0.15, 0.2) is 0 Å². The minimum Gasteiger partial charge on any atom is -0.257 e. The topological polar surface area (TPSA) is 12.9 Å². The molecule has 0 N–H and O–H groups in total. The van der Waals surface area contributed by atoms with Gasteiger partial charge in [0, 0.05) is 6.20 Å². The van der Waals surface area contributed by atoms with Crippen molar-refractivity contribution in [2.24, 2.45) is 0 Å². The molecule has 9 heavy (non-hydrogen) atoms. The van der Waals surface area contributed by atoms with Crippen LogP contribution in [0.1, 0.15) is 5.56 Å². The van der Waals surface area contributed by atoms with Crippen LogP contribution in [0.5, 0.6) is 0 Å². The van der Waals surface area contributed by atoms with Crippen molar-refractivity contribution >= 4 is 14.0 Å². The minimum absolute atomic E-state index is 0.815. The van der Waals surface area contributed by atoms with E-state index in [2.05, 4.69) is 24.6 Å². The van der Waals surface area contributed by atoms with Gasteiger partial charge in [-0.2, -0.15) is 0 Å². The first-order valence-electron chi connectivity index (χ1n) is 2.93. The summed E-state index contributed by atoms with van der Waals surface area (Å²) in [5, 5.41) is 0. The lowest BCUT2D eigenvalue weighted by Crippen LogP contribution is -1.98. The standard InChI is InChI=1S/C7H10NP/c1-6-3-4-8-7(5-6)9-2/h3-5,9H,1-2H3. The predicted molar refractivity (Wildman–Crippen MR) is 42.8 cm³/mol. The van der Waals surface area contributed by atoms with Crippen LogP contribution in [0.25, 0.3) is 0 Å².